The minimum Gasteiger partial charge on any atom is -0.497 e. The van der Waals surface area contributed by atoms with Gasteiger partial charge in [0.2, 0.25) is 5.52 Å². The molecule has 0 saturated carbocycles. The molecule has 130 valence electrons. The van der Waals surface area contributed by atoms with Gasteiger partial charge in [-0.1, -0.05) is 13.3 Å². The van der Waals surface area contributed by atoms with E-state index in [0.717, 1.165) is 58.9 Å². The number of pyridine rings is 1. The van der Waals surface area contributed by atoms with Crippen LogP contribution in [0.3, 0.4) is 0 Å². The summed E-state index contributed by atoms with van der Waals surface area (Å²) in [5, 5.41) is 4.59. The molecule has 0 bridgehead atoms. The van der Waals surface area contributed by atoms with Gasteiger partial charge in [-0.15, -0.1) is 0 Å². The number of rotatable bonds is 7. The number of nitrogens with one attached hydrogen (secondary N) is 2. The molecule has 1 heterocycles. The molecule has 0 aliphatic rings. The first kappa shape index (κ1) is 17.1. The van der Waals surface area contributed by atoms with Crippen molar-refractivity contribution in [1.82, 2.24) is 0 Å². The number of H-pyrrole nitrogens is 1. The molecule has 4 nitrogen and oxygen atoms in total. The number of hydrogen-bond acceptors (Lipinski definition) is 3. The van der Waals surface area contributed by atoms with Crippen LogP contribution in [0, 0.1) is 6.92 Å². The number of ether oxygens (including phenoxy) is 2. The normalized spacial score (nSPS) is 10.7. The van der Waals surface area contributed by atoms with Gasteiger partial charge in [0, 0.05) is 24.7 Å². The van der Waals surface area contributed by atoms with Gasteiger partial charge in [-0.2, -0.15) is 0 Å². The van der Waals surface area contributed by atoms with Gasteiger partial charge in [-0.25, -0.2) is 4.98 Å². The lowest BCUT2D eigenvalue weighted by Crippen LogP contribution is -2.10. The Morgan fingerprint density at radius 2 is 1.76 bits per heavy atom. The Kier molecular flexibility index (Phi) is 5.39. The van der Waals surface area contributed by atoms with Crippen LogP contribution in [0.2, 0.25) is 0 Å². The molecule has 0 fully saturated rings. The van der Waals surface area contributed by atoms with Gasteiger partial charge in [-0.3, -0.25) is 0 Å². The van der Waals surface area contributed by atoms with E-state index in [4.69, 9.17) is 9.47 Å². The van der Waals surface area contributed by atoms with Gasteiger partial charge in [0.1, 0.15) is 11.5 Å². The van der Waals surface area contributed by atoms with Gasteiger partial charge in [0.15, 0.2) is 5.69 Å². The second-order valence-electron chi connectivity index (χ2n) is 6.13. The zero-order valence-electron chi connectivity index (χ0n) is 15.1. The first-order chi connectivity index (χ1) is 12.2. The molecule has 0 amide bonds. The number of anilines is 2. The van der Waals surface area contributed by atoms with Crippen molar-refractivity contribution in [2.45, 2.75) is 26.7 Å². The fraction of sp³-hybridized carbons (Fsp3) is 0.286. The van der Waals surface area contributed by atoms with Crippen LogP contribution in [0.5, 0.6) is 11.5 Å². The lowest BCUT2D eigenvalue weighted by Gasteiger charge is -2.11. The summed E-state index contributed by atoms with van der Waals surface area (Å²) in [5.41, 5.74) is 4.24. The van der Waals surface area contributed by atoms with Gasteiger partial charge in [-0.05, 0) is 42.8 Å². The van der Waals surface area contributed by atoms with Gasteiger partial charge in [0.05, 0.1) is 24.8 Å². The van der Waals surface area contributed by atoms with E-state index in [1.165, 1.54) is 0 Å². The summed E-state index contributed by atoms with van der Waals surface area (Å²) in [4.78, 5) is 3.39. The van der Waals surface area contributed by atoms with Crippen molar-refractivity contribution in [1.29, 1.82) is 0 Å². The SMILES string of the molecule is CCCCOc1ccc(Nc2cc(C)[nH+]c3ccc(OC)cc23)cc1. The Labute approximate surface area is 148 Å². The number of unbranched alkanes of at least 4 members (excludes halogenated alkanes) is 1. The maximum absolute atomic E-state index is 5.72. The first-order valence-electron chi connectivity index (χ1n) is 8.70. The van der Waals surface area contributed by atoms with Crippen LogP contribution in [0.25, 0.3) is 10.9 Å². The topological polar surface area (TPSA) is 44.6 Å². The van der Waals surface area contributed by atoms with Crippen LogP contribution in [0.1, 0.15) is 25.5 Å². The molecule has 4 heteroatoms. The van der Waals surface area contributed by atoms with E-state index in [1.54, 1.807) is 7.11 Å². The smallest absolute Gasteiger partial charge is 0.213 e. The molecule has 0 radical (unpaired) electrons. The molecule has 0 aliphatic heterocycles. The van der Waals surface area contributed by atoms with Gasteiger partial charge >= 0.3 is 0 Å². The van der Waals surface area contributed by atoms with Crippen molar-refractivity contribution >= 4 is 22.3 Å². The number of aromatic nitrogens is 1. The van der Waals surface area contributed by atoms with E-state index in [0.29, 0.717) is 0 Å². The summed E-state index contributed by atoms with van der Waals surface area (Å²) in [6.07, 6.45) is 2.22. The monoisotopic (exact) mass is 337 g/mol. The molecular weight excluding hydrogens is 312 g/mol. The number of methoxy groups -OCH3 is 1. The Bertz CT molecular complexity index is 844. The van der Waals surface area contributed by atoms with Crippen LogP contribution < -0.4 is 19.8 Å². The molecule has 3 aromatic rings. The van der Waals surface area contributed by atoms with Crippen molar-refractivity contribution in [3.63, 3.8) is 0 Å². The summed E-state index contributed by atoms with van der Waals surface area (Å²) in [7, 11) is 1.68. The van der Waals surface area contributed by atoms with Crippen molar-refractivity contribution in [2.75, 3.05) is 19.0 Å². The highest BCUT2D eigenvalue weighted by atomic mass is 16.5. The maximum atomic E-state index is 5.72. The van der Waals surface area contributed by atoms with Crippen molar-refractivity contribution in [3.8, 4) is 11.5 Å². The Hall–Kier alpha value is -2.75. The van der Waals surface area contributed by atoms with Crippen LogP contribution in [0.4, 0.5) is 11.4 Å². The Morgan fingerprint density at radius 3 is 2.48 bits per heavy atom. The summed E-state index contributed by atoms with van der Waals surface area (Å²) >= 11 is 0. The Morgan fingerprint density at radius 1 is 1.00 bits per heavy atom. The molecule has 0 spiro atoms. The molecule has 2 aromatic carbocycles. The van der Waals surface area contributed by atoms with E-state index in [9.17, 15) is 0 Å². The summed E-state index contributed by atoms with van der Waals surface area (Å²) in [6.45, 7) is 4.98. The van der Waals surface area contributed by atoms with Crippen molar-refractivity contribution in [3.05, 3.63) is 54.2 Å². The van der Waals surface area contributed by atoms with E-state index >= 15 is 0 Å². The Balaban J connectivity index is 1.84. The second kappa shape index (κ2) is 7.88. The fourth-order valence-electron chi connectivity index (χ4n) is 2.75. The highest BCUT2D eigenvalue weighted by Gasteiger charge is 2.11. The minimum atomic E-state index is 0.765. The van der Waals surface area contributed by atoms with Crippen LogP contribution in [-0.4, -0.2) is 13.7 Å². The summed E-state index contributed by atoms with van der Waals surface area (Å²) < 4.78 is 11.1. The summed E-state index contributed by atoms with van der Waals surface area (Å²) in [5.74, 6) is 1.75. The van der Waals surface area contributed by atoms with E-state index < -0.39 is 0 Å². The van der Waals surface area contributed by atoms with Crippen LogP contribution in [0.15, 0.2) is 48.5 Å². The number of aromatic amines is 1. The molecular formula is C21H25N2O2+. The van der Waals surface area contributed by atoms with Crippen LogP contribution >= 0.6 is 0 Å². The van der Waals surface area contributed by atoms with Gasteiger partial charge < -0.3 is 14.8 Å². The maximum Gasteiger partial charge on any atom is 0.213 e. The zero-order valence-corrected chi connectivity index (χ0v) is 15.1. The second-order valence-corrected chi connectivity index (χ2v) is 6.13. The third-order valence-electron chi connectivity index (χ3n) is 4.11. The average molecular weight is 337 g/mol. The number of aryl methyl sites for hydroxylation is 1. The highest BCUT2D eigenvalue weighted by molar-refractivity contribution is 5.92. The highest BCUT2D eigenvalue weighted by Crippen LogP contribution is 2.28. The molecule has 25 heavy (non-hydrogen) atoms. The fourth-order valence-corrected chi connectivity index (χ4v) is 2.75. The van der Waals surface area contributed by atoms with Crippen molar-refractivity contribution in [2.24, 2.45) is 0 Å². The number of fused-ring (bicyclic) bond motifs is 1. The quantitative estimate of drug-likeness (QED) is 0.624. The third-order valence-corrected chi connectivity index (χ3v) is 4.11. The molecule has 2 N–H and O–H groups in total. The van der Waals surface area contributed by atoms with Crippen LogP contribution in [-0.2, 0) is 0 Å². The molecule has 0 unspecified atom stereocenters. The third kappa shape index (κ3) is 4.21. The first-order valence-corrected chi connectivity index (χ1v) is 8.70. The minimum absolute atomic E-state index is 0.765. The molecule has 1 aromatic heterocycles. The number of hydrogen-bond donors (Lipinski definition) is 1. The largest absolute Gasteiger partial charge is 0.497 e. The predicted molar refractivity (Wildman–Crippen MR) is 102 cm³/mol. The predicted octanol–water partition coefficient (Wildman–Crippen LogP) is 4.89. The zero-order chi connectivity index (χ0) is 17.6. The van der Waals surface area contributed by atoms with Gasteiger partial charge in [0.25, 0.3) is 0 Å². The van der Waals surface area contributed by atoms with E-state index in [-0.39, 0.29) is 0 Å². The van der Waals surface area contributed by atoms with Crippen molar-refractivity contribution < 1.29 is 14.5 Å². The molecule has 0 atom stereocenters. The number of benzene rings is 2. The molecule has 3 rings (SSSR count). The average Bonchev–Trinajstić information content (AvgIpc) is 2.63. The molecule has 0 aliphatic carbocycles. The van der Waals surface area contributed by atoms with E-state index in [2.05, 4.69) is 30.2 Å². The summed E-state index contributed by atoms with van der Waals surface area (Å²) in [6, 6.07) is 16.2. The lowest BCUT2D eigenvalue weighted by molar-refractivity contribution is -0.354. The van der Waals surface area contributed by atoms with E-state index in [1.807, 2.05) is 42.5 Å². The molecule has 0 saturated heterocycles. The lowest BCUT2D eigenvalue weighted by atomic mass is 10.1. The standard InChI is InChI=1S/C21H24N2O2/c1-4-5-12-25-17-8-6-16(7-9-17)23-21-13-15(2)22-20-11-10-18(24-3)14-19(20)21/h6-11,13-14H,4-5,12H2,1-3H3,(H,22,23)/p+1.